The molecule has 6 nitrogen and oxygen atoms in total. The molecule has 0 saturated carbocycles. The predicted octanol–water partition coefficient (Wildman–Crippen LogP) is 2.50. The third-order valence-electron chi connectivity index (χ3n) is 3.58. The molecule has 3 rings (SSSR count). The van der Waals surface area contributed by atoms with E-state index in [-0.39, 0.29) is 5.03 Å². The van der Waals surface area contributed by atoms with Crippen molar-refractivity contribution in [1.29, 1.82) is 0 Å². The number of nitrogens with one attached hydrogen (secondary N) is 1. The van der Waals surface area contributed by atoms with Gasteiger partial charge in [-0.2, -0.15) is 5.10 Å². The summed E-state index contributed by atoms with van der Waals surface area (Å²) in [7, 11) is -1.38. The molecule has 0 saturated heterocycles. The highest BCUT2D eigenvalue weighted by atomic mass is 32.2. The molecule has 0 aliphatic rings. The summed E-state index contributed by atoms with van der Waals surface area (Å²) >= 11 is 0. The quantitative estimate of drug-likeness (QED) is 0.771. The lowest BCUT2D eigenvalue weighted by Crippen LogP contribution is -2.03. The average Bonchev–Trinajstić information content (AvgIpc) is 2.99. The zero-order valence-corrected chi connectivity index (χ0v) is 14.3. The van der Waals surface area contributed by atoms with E-state index in [0.717, 1.165) is 28.6 Å². The molecule has 0 aliphatic carbocycles. The summed E-state index contributed by atoms with van der Waals surface area (Å²) in [5.41, 5.74) is 4.06. The van der Waals surface area contributed by atoms with Gasteiger partial charge < -0.3 is 5.32 Å². The summed E-state index contributed by atoms with van der Waals surface area (Å²) in [5.74, 6) is 0. The van der Waals surface area contributed by atoms with Gasteiger partial charge in [0, 0.05) is 31.6 Å². The van der Waals surface area contributed by atoms with Crippen LogP contribution in [0.2, 0.25) is 0 Å². The molecule has 2 heterocycles. The fourth-order valence-electron chi connectivity index (χ4n) is 2.34. The van der Waals surface area contributed by atoms with Gasteiger partial charge in [0.05, 0.1) is 18.1 Å². The van der Waals surface area contributed by atoms with Gasteiger partial charge >= 0.3 is 0 Å². The van der Waals surface area contributed by atoms with Crippen molar-refractivity contribution < 1.29 is 8.42 Å². The van der Waals surface area contributed by atoms with Crippen molar-refractivity contribution in [2.75, 3.05) is 11.6 Å². The molecule has 0 unspecified atom stereocenters. The first-order valence-electron chi connectivity index (χ1n) is 7.40. The van der Waals surface area contributed by atoms with Crippen LogP contribution in [-0.4, -0.2) is 29.4 Å². The highest BCUT2D eigenvalue weighted by Gasteiger charge is 2.08. The molecule has 0 spiro atoms. The first-order valence-corrected chi connectivity index (χ1v) is 9.29. The Labute approximate surface area is 141 Å². The van der Waals surface area contributed by atoms with E-state index >= 15 is 0 Å². The summed E-state index contributed by atoms with van der Waals surface area (Å²) in [6.45, 7) is 0.619. The van der Waals surface area contributed by atoms with Gasteiger partial charge in [0.15, 0.2) is 14.9 Å². The Morgan fingerprint density at radius 3 is 2.58 bits per heavy atom. The largest absolute Gasteiger partial charge is 0.380 e. The van der Waals surface area contributed by atoms with Crippen LogP contribution in [0.25, 0.3) is 11.1 Å². The van der Waals surface area contributed by atoms with Crippen LogP contribution in [0.3, 0.4) is 0 Å². The Bertz CT molecular complexity index is 947. The molecule has 1 N–H and O–H groups in total. The molecular formula is C17H18N4O2S. The monoisotopic (exact) mass is 342 g/mol. The van der Waals surface area contributed by atoms with Gasteiger partial charge in [0.25, 0.3) is 0 Å². The molecule has 0 fully saturated rings. The van der Waals surface area contributed by atoms with Gasteiger partial charge in [-0.3, -0.25) is 4.68 Å². The minimum absolute atomic E-state index is 0.0756. The standard InChI is InChI=1S/C17H18N4O2S/c1-21-12-15(10-20-21)14-5-3-4-13(8-14)9-18-16-6-7-17(19-11-16)24(2,22)23/h3-8,10-12,18H,9H2,1-2H3. The number of anilines is 1. The zero-order valence-electron chi connectivity index (χ0n) is 13.5. The van der Waals surface area contributed by atoms with Gasteiger partial charge in [-0.25, -0.2) is 13.4 Å². The third-order valence-corrected chi connectivity index (χ3v) is 4.58. The average molecular weight is 342 g/mol. The van der Waals surface area contributed by atoms with Gasteiger partial charge in [0.2, 0.25) is 0 Å². The number of aryl methyl sites for hydroxylation is 1. The summed E-state index contributed by atoms with van der Waals surface area (Å²) in [5, 5.41) is 7.51. The van der Waals surface area contributed by atoms with Crippen molar-refractivity contribution in [2.45, 2.75) is 11.6 Å². The van der Waals surface area contributed by atoms with Gasteiger partial charge in [-0.1, -0.05) is 18.2 Å². The Balaban J connectivity index is 1.71. The first kappa shape index (κ1) is 16.2. The maximum atomic E-state index is 11.4. The highest BCUT2D eigenvalue weighted by Crippen LogP contribution is 2.20. The summed E-state index contributed by atoms with van der Waals surface area (Å²) in [6, 6.07) is 11.4. The van der Waals surface area contributed by atoms with Crippen molar-refractivity contribution >= 4 is 15.5 Å². The number of pyridine rings is 1. The lowest BCUT2D eigenvalue weighted by molar-refractivity contribution is 0.598. The fraction of sp³-hybridized carbons (Fsp3) is 0.176. The van der Waals surface area contributed by atoms with Gasteiger partial charge in [-0.05, 0) is 29.3 Å². The fourth-order valence-corrected chi connectivity index (χ4v) is 2.90. The van der Waals surface area contributed by atoms with Crippen molar-refractivity contribution in [1.82, 2.24) is 14.8 Å². The highest BCUT2D eigenvalue weighted by molar-refractivity contribution is 7.90. The maximum absolute atomic E-state index is 11.4. The maximum Gasteiger partial charge on any atom is 0.192 e. The number of sulfone groups is 1. The molecule has 0 atom stereocenters. The third kappa shape index (κ3) is 3.80. The van der Waals surface area contributed by atoms with E-state index in [1.165, 1.54) is 12.3 Å². The first-order chi connectivity index (χ1) is 11.4. The molecule has 24 heavy (non-hydrogen) atoms. The van der Waals surface area contributed by atoms with Crippen LogP contribution in [0.5, 0.6) is 0 Å². The topological polar surface area (TPSA) is 76.9 Å². The van der Waals surface area contributed by atoms with Crippen LogP contribution in [0.1, 0.15) is 5.56 Å². The number of nitrogens with zero attached hydrogens (tertiary/aromatic N) is 3. The van der Waals surface area contributed by atoms with Crippen LogP contribution in [0, 0.1) is 0 Å². The molecule has 7 heteroatoms. The van der Waals surface area contributed by atoms with Crippen LogP contribution in [0.4, 0.5) is 5.69 Å². The predicted molar refractivity (Wildman–Crippen MR) is 93.3 cm³/mol. The van der Waals surface area contributed by atoms with E-state index in [9.17, 15) is 8.42 Å². The lowest BCUT2D eigenvalue weighted by Gasteiger charge is -2.08. The van der Waals surface area contributed by atoms with Crippen molar-refractivity contribution in [2.24, 2.45) is 7.05 Å². The number of aromatic nitrogens is 3. The molecule has 1 aromatic carbocycles. The van der Waals surface area contributed by atoms with E-state index in [0.29, 0.717) is 6.54 Å². The van der Waals surface area contributed by atoms with Crippen LogP contribution < -0.4 is 5.32 Å². The SMILES string of the molecule is Cn1cc(-c2cccc(CNc3ccc(S(C)(=O)=O)nc3)c2)cn1. The smallest absolute Gasteiger partial charge is 0.192 e. The number of benzene rings is 1. The molecule has 124 valence electrons. The number of hydrogen-bond donors (Lipinski definition) is 1. The van der Waals surface area contributed by atoms with Crippen molar-refractivity contribution in [3.8, 4) is 11.1 Å². The normalized spacial score (nSPS) is 11.4. The van der Waals surface area contributed by atoms with E-state index < -0.39 is 9.84 Å². The summed E-state index contributed by atoms with van der Waals surface area (Å²) in [4.78, 5) is 3.97. The van der Waals surface area contributed by atoms with E-state index in [2.05, 4.69) is 21.5 Å². The van der Waals surface area contributed by atoms with Crippen LogP contribution in [0.15, 0.2) is 60.0 Å². The Hall–Kier alpha value is -2.67. The Kier molecular flexibility index (Phi) is 4.35. The minimum atomic E-state index is -3.27. The lowest BCUT2D eigenvalue weighted by atomic mass is 10.1. The summed E-state index contributed by atoms with van der Waals surface area (Å²) < 4.78 is 24.6. The number of rotatable bonds is 5. The minimum Gasteiger partial charge on any atom is -0.380 e. The molecule has 0 aliphatic heterocycles. The van der Waals surface area contributed by atoms with Gasteiger partial charge in [0.1, 0.15) is 0 Å². The van der Waals surface area contributed by atoms with E-state index in [1.54, 1.807) is 10.7 Å². The van der Waals surface area contributed by atoms with E-state index in [4.69, 9.17) is 0 Å². The number of hydrogen-bond acceptors (Lipinski definition) is 5. The second-order valence-electron chi connectivity index (χ2n) is 5.61. The zero-order chi connectivity index (χ0) is 17.2. The molecular weight excluding hydrogens is 324 g/mol. The second-order valence-corrected chi connectivity index (χ2v) is 7.58. The molecule has 0 bridgehead atoms. The molecule has 3 aromatic rings. The van der Waals surface area contributed by atoms with Crippen molar-refractivity contribution in [3.05, 3.63) is 60.6 Å². The van der Waals surface area contributed by atoms with Gasteiger partial charge in [-0.15, -0.1) is 0 Å². The second kappa shape index (κ2) is 6.45. The Morgan fingerprint density at radius 1 is 1.12 bits per heavy atom. The summed E-state index contributed by atoms with van der Waals surface area (Å²) in [6.07, 6.45) is 6.48. The molecule has 0 amide bonds. The van der Waals surface area contributed by atoms with Crippen LogP contribution >= 0.6 is 0 Å². The molecule has 0 radical (unpaired) electrons. The Morgan fingerprint density at radius 2 is 1.96 bits per heavy atom. The van der Waals surface area contributed by atoms with Crippen molar-refractivity contribution in [3.63, 3.8) is 0 Å². The van der Waals surface area contributed by atoms with Crippen LogP contribution in [-0.2, 0) is 23.4 Å². The van der Waals surface area contributed by atoms with E-state index in [1.807, 2.05) is 37.6 Å². The molecule has 2 aromatic heterocycles.